The first kappa shape index (κ1) is 33.3. The Kier molecular flexibility index (Phi) is 17.2. The highest BCUT2D eigenvalue weighted by molar-refractivity contribution is 5.88. The van der Waals surface area contributed by atoms with Gasteiger partial charge in [-0.3, -0.25) is 28.9 Å². The van der Waals surface area contributed by atoms with Crippen LogP contribution in [0.1, 0.15) is 61.3 Å². The Hall–Kier alpha value is -2.69. The van der Waals surface area contributed by atoms with Crippen molar-refractivity contribution in [2.24, 2.45) is 17.8 Å². The van der Waals surface area contributed by atoms with Crippen molar-refractivity contribution < 1.29 is 24.0 Å². The molecule has 0 aliphatic heterocycles. The Labute approximate surface area is 216 Å². The molecule has 0 rings (SSSR count). The lowest BCUT2D eigenvalue weighted by Crippen LogP contribution is -2.50. The van der Waals surface area contributed by atoms with E-state index in [1.54, 1.807) is 0 Å². The van der Waals surface area contributed by atoms with Crippen LogP contribution in [0.4, 0.5) is 0 Å². The van der Waals surface area contributed by atoms with Crippen LogP contribution in [0.25, 0.3) is 0 Å². The van der Waals surface area contributed by atoms with Crippen LogP contribution in [0.5, 0.6) is 0 Å². The van der Waals surface area contributed by atoms with Gasteiger partial charge in [0.25, 0.3) is 0 Å². The minimum Gasteiger partial charge on any atom is -0.355 e. The molecule has 0 saturated carbocycles. The summed E-state index contributed by atoms with van der Waals surface area (Å²) in [5.41, 5.74) is 0. The molecule has 36 heavy (non-hydrogen) atoms. The van der Waals surface area contributed by atoms with Gasteiger partial charge < -0.3 is 26.6 Å². The smallest absolute Gasteiger partial charge is 0.242 e. The van der Waals surface area contributed by atoms with E-state index in [1.807, 2.05) is 39.5 Å². The van der Waals surface area contributed by atoms with Crippen molar-refractivity contribution in [1.29, 1.82) is 0 Å². The zero-order chi connectivity index (χ0) is 27.7. The Balaban J connectivity index is 4.66. The third-order valence-corrected chi connectivity index (χ3v) is 5.97. The van der Waals surface area contributed by atoms with Crippen LogP contribution in [0, 0.1) is 17.8 Å². The monoisotopic (exact) mass is 512 g/mol. The highest BCUT2D eigenvalue weighted by Gasteiger charge is 2.26. The summed E-state index contributed by atoms with van der Waals surface area (Å²) in [6.07, 6.45) is 1.40. The second kappa shape index (κ2) is 18.6. The average molecular weight is 513 g/mol. The van der Waals surface area contributed by atoms with Gasteiger partial charge >= 0.3 is 0 Å². The molecule has 0 aromatic heterocycles. The molecule has 0 aromatic rings. The summed E-state index contributed by atoms with van der Waals surface area (Å²) < 4.78 is 0. The average Bonchev–Trinajstić information content (AvgIpc) is 2.79. The number of nitrogens with one attached hydrogen (secondary N) is 5. The highest BCUT2D eigenvalue weighted by atomic mass is 16.2. The molecule has 0 spiro atoms. The molecular formula is C25H48N6O5. The standard InChI is InChI=1S/C25H48N6O5/c1-8-18(4)19(5)24(35)30-22(15-17(2)3)25(36)29-10-9-28-23(34)16-31(13-11-26-20(6)32)14-12-27-21(7)33/h17-19,22H,8-16H2,1-7H3,(H,26,32)(H,27,33)(H,28,34)(H,29,36)(H,30,35)/t18?,19-,22-/m0/s1. The maximum absolute atomic E-state index is 12.7. The predicted octanol–water partition coefficient (Wildman–Crippen LogP) is 0.00610. The van der Waals surface area contributed by atoms with Gasteiger partial charge in [-0.25, -0.2) is 0 Å². The molecule has 0 bridgehead atoms. The molecule has 3 atom stereocenters. The molecule has 0 fully saturated rings. The van der Waals surface area contributed by atoms with Gasteiger partial charge in [0.05, 0.1) is 6.54 Å². The first-order chi connectivity index (χ1) is 16.9. The van der Waals surface area contributed by atoms with E-state index < -0.39 is 6.04 Å². The second-order valence-electron chi connectivity index (χ2n) is 9.75. The Morgan fingerprint density at radius 3 is 1.72 bits per heavy atom. The topological polar surface area (TPSA) is 149 Å². The fourth-order valence-corrected chi connectivity index (χ4v) is 3.44. The number of rotatable bonds is 18. The van der Waals surface area contributed by atoms with Gasteiger partial charge in [0.15, 0.2) is 0 Å². The van der Waals surface area contributed by atoms with E-state index in [0.29, 0.717) is 32.6 Å². The van der Waals surface area contributed by atoms with Crippen molar-refractivity contribution in [3.63, 3.8) is 0 Å². The van der Waals surface area contributed by atoms with Crippen molar-refractivity contribution in [2.75, 3.05) is 45.8 Å². The normalized spacial score (nSPS) is 13.5. The summed E-state index contributed by atoms with van der Waals surface area (Å²) in [5, 5.41) is 13.8. The number of hydrogen-bond acceptors (Lipinski definition) is 6. The molecule has 208 valence electrons. The maximum Gasteiger partial charge on any atom is 0.242 e. The van der Waals surface area contributed by atoms with Gasteiger partial charge in [-0.1, -0.05) is 41.0 Å². The van der Waals surface area contributed by atoms with Crippen LogP contribution >= 0.6 is 0 Å². The molecule has 0 saturated heterocycles. The molecule has 11 heteroatoms. The van der Waals surface area contributed by atoms with Crippen LogP contribution in [0.15, 0.2) is 0 Å². The molecule has 0 heterocycles. The molecule has 1 unspecified atom stereocenters. The maximum atomic E-state index is 12.7. The third-order valence-electron chi connectivity index (χ3n) is 5.97. The minimum atomic E-state index is -0.627. The second-order valence-corrected chi connectivity index (χ2v) is 9.75. The van der Waals surface area contributed by atoms with Crippen molar-refractivity contribution in [1.82, 2.24) is 31.5 Å². The van der Waals surface area contributed by atoms with Crippen LogP contribution in [-0.4, -0.2) is 86.3 Å². The van der Waals surface area contributed by atoms with Crippen molar-refractivity contribution in [3.8, 4) is 0 Å². The molecular weight excluding hydrogens is 464 g/mol. The van der Waals surface area contributed by atoms with E-state index in [9.17, 15) is 24.0 Å². The zero-order valence-electron chi connectivity index (χ0n) is 23.2. The summed E-state index contributed by atoms with van der Waals surface area (Å²) in [7, 11) is 0. The zero-order valence-corrected chi connectivity index (χ0v) is 23.2. The predicted molar refractivity (Wildman–Crippen MR) is 140 cm³/mol. The van der Waals surface area contributed by atoms with E-state index in [4.69, 9.17) is 0 Å². The SMILES string of the molecule is CCC(C)[C@H](C)C(=O)N[C@@H](CC(C)C)C(=O)NCCNC(=O)CN(CCNC(C)=O)CCNC(C)=O. The Morgan fingerprint density at radius 2 is 1.25 bits per heavy atom. The van der Waals surface area contributed by atoms with Crippen LogP contribution in [-0.2, 0) is 24.0 Å². The number of hydrogen-bond donors (Lipinski definition) is 5. The number of carbonyl (C=O) groups excluding carboxylic acids is 5. The first-order valence-electron chi connectivity index (χ1n) is 12.9. The Bertz CT molecular complexity index is 695. The summed E-state index contributed by atoms with van der Waals surface area (Å²) in [4.78, 5) is 61.7. The number of carbonyl (C=O) groups is 5. The first-order valence-corrected chi connectivity index (χ1v) is 12.9. The number of nitrogens with zero attached hydrogens (tertiary/aromatic N) is 1. The van der Waals surface area contributed by atoms with E-state index in [0.717, 1.165) is 6.42 Å². The molecule has 11 nitrogen and oxygen atoms in total. The fraction of sp³-hybridized carbons (Fsp3) is 0.800. The van der Waals surface area contributed by atoms with Crippen molar-refractivity contribution in [2.45, 2.75) is 67.3 Å². The van der Waals surface area contributed by atoms with E-state index in [-0.39, 0.29) is 66.9 Å². The lowest BCUT2D eigenvalue weighted by atomic mass is 9.92. The molecule has 5 N–H and O–H groups in total. The lowest BCUT2D eigenvalue weighted by Gasteiger charge is -2.24. The van der Waals surface area contributed by atoms with Crippen LogP contribution in [0.3, 0.4) is 0 Å². The third kappa shape index (κ3) is 16.1. The molecule has 0 aromatic carbocycles. The van der Waals surface area contributed by atoms with Crippen molar-refractivity contribution >= 4 is 29.5 Å². The summed E-state index contributed by atoms with van der Waals surface area (Å²) in [6.45, 7) is 15.0. The Morgan fingerprint density at radius 1 is 0.722 bits per heavy atom. The highest BCUT2D eigenvalue weighted by Crippen LogP contribution is 2.15. The molecule has 0 aliphatic rings. The molecule has 0 radical (unpaired) electrons. The van der Waals surface area contributed by atoms with Gasteiger partial charge in [0.1, 0.15) is 6.04 Å². The van der Waals surface area contributed by atoms with Gasteiger partial charge in [0, 0.05) is 59.0 Å². The van der Waals surface area contributed by atoms with Gasteiger partial charge in [0.2, 0.25) is 29.5 Å². The quantitative estimate of drug-likeness (QED) is 0.163. The van der Waals surface area contributed by atoms with E-state index in [1.165, 1.54) is 13.8 Å². The van der Waals surface area contributed by atoms with Crippen molar-refractivity contribution in [3.05, 3.63) is 0 Å². The van der Waals surface area contributed by atoms with Gasteiger partial charge in [-0.2, -0.15) is 0 Å². The summed E-state index contributed by atoms with van der Waals surface area (Å²) in [5.74, 6) is -0.677. The van der Waals surface area contributed by atoms with Gasteiger partial charge in [-0.05, 0) is 18.3 Å². The van der Waals surface area contributed by atoms with Crippen LogP contribution in [0.2, 0.25) is 0 Å². The van der Waals surface area contributed by atoms with E-state index >= 15 is 0 Å². The molecule has 0 aliphatic carbocycles. The lowest BCUT2D eigenvalue weighted by molar-refractivity contribution is -0.132. The van der Waals surface area contributed by atoms with Gasteiger partial charge in [-0.15, -0.1) is 0 Å². The largest absolute Gasteiger partial charge is 0.355 e. The van der Waals surface area contributed by atoms with E-state index in [2.05, 4.69) is 26.6 Å². The fourth-order valence-electron chi connectivity index (χ4n) is 3.44. The summed E-state index contributed by atoms with van der Waals surface area (Å²) in [6, 6.07) is -0.627. The summed E-state index contributed by atoms with van der Waals surface area (Å²) >= 11 is 0. The van der Waals surface area contributed by atoms with Crippen LogP contribution < -0.4 is 26.6 Å². The minimum absolute atomic E-state index is 0.0899. The number of amides is 5. The molecule has 5 amide bonds.